The van der Waals surface area contributed by atoms with Gasteiger partial charge in [-0.15, -0.1) is 5.10 Å². The molecule has 0 radical (unpaired) electrons. The van der Waals surface area contributed by atoms with Gasteiger partial charge in [-0.2, -0.15) is 0 Å². The Bertz CT molecular complexity index is 1010. The van der Waals surface area contributed by atoms with Gasteiger partial charge in [0, 0.05) is 12.7 Å². The highest BCUT2D eigenvalue weighted by molar-refractivity contribution is 7.99. The Hall–Kier alpha value is -2.80. The van der Waals surface area contributed by atoms with Gasteiger partial charge in [0.2, 0.25) is 11.7 Å². The molecule has 0 aliphatic heterocycles. The average Bonchev–Trinajstić information content (AvgIpc) is 3.19. The van der Waals surface area contributed by atoms with E-state index in [0.29, 0.717) is 11.5 Å². The van der Waals surface area contributed by atoms with Crippen molar-refractivity contribution in [2.45, 2.75) is 5.16 Å². The average molecular weight is 337 g/mol. The van der Waals surface area contributed by atoms with Gasteiger partial charge in [-0.1, -0.05) is 42.1 Å². The van der Waals surface area contributed by atoms with Crippen molar-refractivity contribution in [3.8, 4) is 0 Å². The van der Waals surface area contributed by atoms with Gasteiger partial charge < -0.3 is 4.90 Å². The topological polar surface area (TPSA) is 66.3 Å². The maximum atomic E-state index is 12.4. The van der Waals surface area contributed by atoms with E-state index in [9.17, 15) is 4.79 Å². The lowest BCUT2D eigenvalue weighted by atomic mass is 10.3. The van der Waals surface area contributed by atoms with Gasteiger partial charge in [0.05, 0.1) is 16.8 Å². The van der Waals surface area contributed by atoms with E-state index >= 15 is 0 Å². The first-order valence-electron chi connectivity index (χ1n) is 7.50. The predicted molar refractivity (Wildman–Crippen MR) is 95.4 cm³/mol. The van der Waals surface area contributed by atoms with Crippen molar-refractivity contribution in [3.05, 3.63) is 54.6 Å². The number of fused-ring (bicyclic) bond motifs is 3. The summed E-state index contributed by atoms with van der Waals surface area (Å²) in [5, 5.41) is 7.93. The van der Waals surface area contributed by atoms with Crippen molar-refractivity contribution >= 4 is 40.2 Å². The van der Waals surface area contributed by atoms with Crippen LogP contribution in [0, 0.1) is 0 Å². The number of para-hydroxylation sites is 3. The first-order valence-corrected chi connectivity index (χ1v) is 8.48. The van der Waals surface area contributed by atoms with Crippen molar-refractivity contribution in [3.63, 3.8) is 0 Å². The standard InChI is InChI=1S/C17H15N5OS/c1-21(12-7-3-2-4-8-12)15(23)11-24-17-20-19-16-18-13-9-5-6-10-14(13)22(16)17/h2-10H,11H2,1H3,(H,18,19). The quantitative estimate of drug-likeness (QED) is 0.582. The zero-order valence-electron chi connectivity index (χ0n) is 13.0. The van der Waals surface area contributed by atoms with Crippen LogP contribution in [0.2, 0.25) is 0 Å². The third-order valence-electron chi connectivity index (χ3n) is 3.85. The molecule has 1 amide bonds. The minimum Gasteiger partial charge on any atom is -0.315 e. The number of hydrogen-bond acceptors (Lipinski definition) is 4. The fraction of sp³-hybridized carbons (Fsp3) is 0.118. The van der Waals surface area contributed by atoms with E-state index in [1.807, 2.05) is 59.0 Å². The number of amides is 1. The molecule has 0 saturated heterocycles. The number of carbonyl (C=O) groups is 1. The van der Waals surface area contributed by atoms with Crippen LogP contribution in [0.5, 0.6) is 0 Å². The number of anilines is 1. The molecule has 0 aliphatic carbocycles. The third-order valence-corrected chi connectivity index (χ3v) is 4.77. The van der Waals surface area contributed by atoms with Crippen molar-refractivity contribution in [1.29, 1.82) is 0 Å². The largest absolute Gasteiger partial charge is 0.315 e. The maximum absolute atomic E-state index is 12.4. The molecule has 1 N–H and O–H groups in total. The molecular formula is C17H15N5OS. The summed E-state index contributed by atoms with van der Waals surface area (Å²) in [6, 6.07) is 17.5. The van der Waals surface area contributed by atoms with Gasteiger partial charge in [0.15, 0.2) is 5.16 Å². The van der Waals surface area contributed by atoms with Crippen molar-refractivity contribution in [1.82, 2.24) is 19.6 Å². The summed E-state index contributed by atoms with van der Waals surface area (Å²) in [4.78, 5) is 18.6. The molecule has 0 saturated carbocycles. The zero-order valence-corrected chi connectivity index (χ0v) is 13.8. The predicted octanol–water partition coefficient (Wildman–Crippen LogP) is 2.97. The summed E-state index contributed by atoms with van der Waals surface area (Å²) >= 11 is 1.40. The van der Waals surface area contributed by atoms with Crippen LogP contribution >= 0.6 is 11.8 Å². The van der Waals surface area contributed by atoms with E-state index in [-0.39, 0.29) is 5.91 Å². The minimum absolute atomic E-state index is 0.0202. The van der Waals surface area contributed by atoms with Crippen LogP contribution in [0.1, 0.15) is 0 Å². The van der Waals surface area contributed by atoms with Gasteiger partial charge in [-0.25, -0.2) is 10.1 Å². The number of nitrogens with one attached hydrogen (secondary N) is 1. The summed E-state index contributed by atoms with van der Waals surface area (Å²) in [5.74, 6) is 1.01. The number of benzene rings is 2. The number of nitrogens with zero attached hydrogens (tertiary/aromatic N) is 4. The number of hydrogen-bond donors (Lipinski definition) is 1. The van der Waals surface area contributed by atoms with Crippen LogP contribution in [0.3, 0.4) is 0 Å². The van der Waals surface area contributed by atoms with E-state index in [1.165, 1.54) is 11.8 Å². The molecular weight excluding hydrogens is 322 g/mol. The van der Waals surface area contributed by atoms with Crippen molar-refractivity contribution in [2.24, 2.45) is 0 Å². The zero-order chi connectivity index (χ0) is 16.5. The Kier molecular flexibility index (Phi) is 3.70. The molecule has 0 atom stereocenters. The fourth-order valence-electron chi connectivity index (χ4n) is 2.56. The molecule has 2 aromatic carbocycles. The Morgan fingerprint density at radius 3 is 2.75 bits per heavy atom. The number of rotatable bonds is 4. The number of H-pyrrole nitrogens is 1. The van der Waals surface area contributed by atoms with Crippen LogP contribution in [0.15, 0.2) is 59.8 Å². The Morgan fingerprint density at radius 1 is 1.17 bits per heavy atom. The summed E-state index contributed by atoms with van der Waals surface area (Å²) in [5.41, 5.74) is 2.76. The second-order valence-corrected chi connectivity index (χ2v) is 6.29. The summed E-state index contributed by atoms with van der Waals surface area (Å²) in [6.07, 6.45) is 0. The smallest absolute Gasteiger partial charge is 0.237 e. The van der Waals surface area contributed by atoms with Crippen LogP contribution < -0.4 is 4.90 Å². The van der Waals surface area contributed by atoms with Crippen molar-refractivity contribution < 1.29 is 4.79 Å². The van der Waals surface area contributed by atoms with Crippen molar-refractivity contribution in [2.75, 3.05) is 17.7 Å². The molecule has 24 heavy (non-hydrogen) atoms. The summed E-state index contributed by atoms with van der Waals surface area (Å²) in [6.45, 7) is 0. The molecule has 0 unspecified atom stereocenters. The normalized spacial score (nSPS) is 11.2. The highest BCUT2D eigenvalue weighted by atomic mass is 32.2. The van der Waals surface area contributed by atoms with E-state index in [1.54, 1.807) is 11.9 Å². The maximum Gasteiger partial charge on any atom is 0.237 e. The monoisotopic (exact) mass is 337 g/mol. The molecule has 4 aromatic rings. The van der Waals surface area contributed by atoms with Gasteiger partial charge in [0.25, 0.3) is 0 Å². The first kappa shape index (κ1) is 14.8. The number of thioether (sulfide) groups is 1. The molecule has 0 bridgehead atoms. The van der Waals surface area contributed by atoms with Gasteiger partial charge >= 0.3 is 0 Å². The van der Waals surface area contributed by atoms with E-state index in [2.05, 4.69) is 15.2 Å². The second-order valence-electron chi connectivity index (χ2n) is 5.34. The van der Waals surface area contributed by atoms with Gasteiger partial charge in [-0.3, -0.25) is 9.20 Å². The highest BCUT2D eigenvalue weighted by Crippen LogP contribution is 2.23. The molecule has 6 nitrogen and oxygen atoms in total. The number of aromatic amines is 1. The van der Waals surface area contributed by atoms with Crippen LogP contribution in [0.25, 0.3) is 16.8 Å². The van der Waals surface area contributed by atoms with E-state index in [0.717, 1.165) is 21.9 Å². The van der Waals surface area contributed by atoms with Gasteiger partial charge in [0.1, 0.15) is 0 Å². The van der Waals surface area contributed by atoms with Gasteiger partial charge in [-0.05, 0) is 24.3 Å². The van der Waals surface area contributed by atoms with Crippen LogP contribution in [-0.2, 0) is 4.79 Å². The lowest BCUT2D eigenvalue weighted by molar-refractivity contribution is -0.115. The first-order chi connectivity index (χ1) is 11.7. The lowest BCUT2D eigenvalue weighted by Gasteiger charge is -2.16. The number of carbonyl (C=O) groups excluding carboxylic acids is 1. The van der Waals surface area contributed by atoms with E-state index in [4.69, 9.17) is 0 Å². The second kappa shape index (κ2) is 6.01. The van der Waals surface area contributed by atoms with Crippen LogP contribution in [-0.4, -0.2) is 38.3 Å². The molecule has 4 rings (SSSR count). The Balaban J connectivity index is 1.56. The molecule has 0 aliphatic rings. The Labute approximate surface area is 142 Å². The molecule has 2 heterocycles. The molecule has 7 heteroatoms. The summed E-state index contributed by atoms with van der Waals surface area (Å²) < 4.78 is 1.94. The lowest BCUT2D eigenvalue weighted by Crippen LogP contribution is -2.27. The minimum atomic E-state index is 0.0202. The SMILES string of the molecule is CN(C(=O)CSc1n[nH]c2nc3ccccc3n12)c1ccccc1. The number of aromatic nitrogens is 4. The molecule has 2 aromatic heterocycles. The number of imidazole rings is 1. The van der Waals surface area contributed by atoms with E-state index < -0.39 is 0 Å². The fourth-order valence-corrected chi connectivity index (χ4v) is 3.43. The Morgan fingerprint density at radius 2 is 1.92 bits per heavy atom. The third kappa shape index (κ3) is 2.52. The molecule has 0 fully saturated rings. The molecule has 120 valence electrons. The molecule has 0 spiro atoms. The highest BCUT2D eigenvalue weighted by Gasteiger charge is 2.15. The van der Waals surface area contributed by atoms with Crippen LogP contribution in [0.4, 0.5) is 5.69 Å². The summed E-state index contributed by atoms with van der Waals surface area (Å²) in [7, 11) is 1.78.